The van der Waals surface area contributed by atoms with E-state index in [4.69, 9.17) is 9.47 Å². The molecule has 114 valence electrons. The van der Waals surface area contributed by atoms with Crippen molar-refractivity contribution in [3.05, 3.63) is 60.4 Å². The molecule has 1 aromatic carbocycles. The Balaban J connectivity index is 1.91. The molecule has 3 aromatic rings. The molecule has 2 heterocycles. The lowest BCUT2D eigenvalue weighted by Crippen LogP contribution is -1.97. The van der Waals surface area contributed by atoms with Gasteiger partial charge in [-0.2, -0.15) is 0 Å². The van der Waals surface area contributed by atoms with E-state index in [2.05, 4.69) is 15.2 Å². The van der Waals surface area contributed by atoms with Gasteiger partial charge in [-0.3, -0.25) is 9.78 Å². The van der Waals surface area contributed by atoms with Crippen molar-refractivity contribution < 1.29 is 14.3 Å². The van der Waals surface area contributed by atoms with Gasteiger partial charge < -0.3 is 9.47 Å². The maximum absolute atomic E-state index is 10.7. The number of rotatable bonds is 5. The highest BCUT2D eigenvalue weighted by Gasteiger charge is 2.11. The number of aromatic nitrogens is 3. The second-order valence-corrected chi connectivity index (χ2v) is 4.63. The Morgan fingerprint density at radius 2 is 1.91 bits per heavy atom. The third kappa shape index (κ3) is 3.32. The summed E-state index contributed by atoms with van der Waals surface area (Å²) in [4.78, 5) is 14.7. The van der Waals surface area contributed by atoms with Crippen LogP contribution in [0.3, 0.4) is 0 Å². The molecule has 3 rings (SSSR count). The fourth-order valence-electron chi connectivity index (χ4n) is 1.97. The quantitative estimate of drug-likeness (QED) is 0.674. The molecule has 23 heavy (non-hydrogen) atoms. The van der Waals surface area contributed by atoms with Gasteiger partial charge in [0.15, 0.2) is 5.75 Å². The van der Waals surface area contributed by atoms with Crippen molar-refractivity contribution in [3.8, 4) is 28.6 Å². The van der Waals surface area contributed by atoms with E-state index in [1.54, 1.807) is 54.9 Å². The van der Waals surface area contributed by atoms with Crippen LogP contribution in [0.15, 0.2) is 54.9 Å². The second kappa shape index (κ2) is 6.65. The van der Waals surface area contributed by atoms with Crippen LogP contribution in [0.25, 0.3) is 11.3 Å². The highest BCUT2D eigenvalue weighted by molar-refractivity contribution is 5.76. The Labute approximate surface area is 132 Å². The third-order valence-corrected chi connectivity index (χ3v) is 3.14. The van der Waals surface area contributed by atoms with Crippen LogP contribution in [0.2, 0.25) is 0 Å². The summed E-state index contributed by atoms with van der Waals surface area (Å²) >= 11 is 0. The van der Waals surface area contributed by atoms with Crippen LogP contribution in [0.5, 0.6) is 17.4 Å². The van der Waals surface area contributed by atoms with Gasteiger partial charge in [0.2, 0.25) is 0 Å². The molecule has 0 aliphatic carbocycles. The van der Waals surface area contributed by atoms with Gasteiger partial charge >= 0.3 is 0 Å². The van der Waals surface area contributed by atoms with Crippen molar-refractivity contribution in [2.75, 3.05) is 7.11 Å². The second-order valence-electron chi connectivity index (χ2n) is 4.63. The van der Waals surface area contributed by atoms with Crippen LogP contribution in [-0.4, -0.2) is 28.6 Å². The van der Waals surface area contributed by atoms with E-state index in [0.717, 1.165) is 11.8 Å². The molecule has 0 saturated carbocycles. The highest BCUT2D eigenvalue weighted by atomic mass is 16.5. The number of carbonyl (C=O) groups excluding carboxylic acids is 1. The lowest BCUT2D eigenvalue weighted by molar-refractivity contribution is 0.112. The zero-order chi connectivity index (χ0) is 16.1. The van der Waals surface area contributed by atoms with Crippen molar-refractivity contribution in [2.45, 2.75) is 0 Å². The standard InChI is InChI=1S/C17H13N3O3/c1-22-16-9-15(13-6-4-12(11-21)5-7-13)19-20-17(16)23-14-3-2-8-18-10-14/h2-11H,1H3. The number of benzene rings is 1. The average Bonchev–Trinajstić information content (AvgIpc) is 2.63. The smallest absolute Gasteiger partial charge is 0.281 e. The van der Waals surface area contributed by atoms with Crippen LogP contribution < -0.4 is 9.47 Å². The van der Waals surface area contributed by atoms with Crippen LogP contribution in [0, 0.1) is 0 Å². The van der Waals surface area contributed by atoms with Crippen molar-refractivity contribution in [2.24, 2.45) is 0 Å². The average molecular weight is 307 g/mol. The van der Waals surface area contributed by atoms with Crippen LogP contribution in [0.4, 0.5) is 0 Å². The van der Waals surface area contributed by atoms with E-state index in [-0.39, 0.29) is 5.88 Å². The van der Waals surface area contributed by atoms with Crippen molar-refractivity contribution >= 4 is 6.29 Å². The van der Waals surface area contributed by atoms with Crippen molar-refractivity contribution in [1.82, 2.24) is 15.2 Å². The molecule has 0 unspecified atom stereocenters. The normalized spacial score (nSPS) is 10.1. The first-order valence-corrected chi connectivity index (χ1v) is 6.85. The van der Waals surface area contributed by atoms with Crippen molar-refractivity contribution in [3.63, 3.8) is 0 Å². The molecule has 0 aliphatic heterocycles. The fraction of sp³-hybridized carbons (Fsp3) is 0.0588. The molecular formula is C17H13N3O3. The maximum atomic E-state index is 10.7. The Hall–Kier alpha value is -3.28. The number of nitrogens with zero attached hydrogens (tertiary/aromatic N) is 3. The third-order valence-electron chi connectivity index (χ3n) is 3.14. The van der Waals surface area contributed by atoms with Gasteiger partial charge in [0.05, 0.1) is 19.0 Å². The van der Waals surface area contributed by atoms with Crippen molar-refractivity contribution in [1.29, 1.82) is 0 Å². The van der Waals surface area contributed by atoms with E-state index in [1.165, 1.54) is 7.11 Å². The van der Waals surface area contributed by atoms with E-state index in [1.807, 2.05) is 0 Å². The lowest BCUT2D eigenvalue weighted by atomic mass is 10.1. The zero-order valence-corrected chi connectivity index (χ0v) is 12.3. The summed E-state index contributed by atoms with van der Waals surface area (Å²) in [5.41, 5.74) is 2.05. The predicted molar refractivity (Wildman–Crippen MR) is 83.7 cm³/mol. The summed E-state index contributed by atoms with van der Waals surface area (Å²) in [6, 6.07) is 12.3. The van der Waals surface area contributed by atoms with Gasteiger partial charge in [0, 0.05) is 23.4 Å². The number of methoxy groups -OCH3 is 1. The SMILES string of the molecule is COc1cc(-c2ccc(C=O)cc2)nnc1Oc1cccnc1. The Morgan fingerprint density at radius 1 is 1.09 bits per heavy atom. The minimum absolute atomic E-state index is 0.258. The molecule has 6 nitrogen and oxygen atoms in total. The molecule has 0 atom stereocenters. The first-order chi connectivity index (χ1) is 11.3. The number of hydrogen-bond donors (Lipinski definition) is 0. The topological polar surface area (TPSA) is 74.2 Å². The van der Waals surface area contributed by atoms with Gasteiger partial charge in [-0.25, -0.2) is 0 Å². The number of ether oxygens (including phenoxy) is 2. The maximum Gasteiger partial charge on any atom is 0.281 e. The molecule has 0 spiro atoms. The number of pyridine rings is 1. The predicted octanol–water partition coefficient (Wildman–Crippen LogP) is 3.15. The van der Waals surface area contributed by atoms with Gasteiger partial charge in [0.1, 0.15) is 12.0 Å². The Morgan fingerprint density at radius 3 is 2.57 bits per heavy atom. The zero-order valence-electron chi connectivity index (χ0n) is 12.3. The van der Waals surface area contributed by atoms with Gasteiger partial charge in [0.25, 0.3) is 5.88 Å². The lowest BCUT2D eigenvalue weighted by Gasteiger charge is -2.09. The fourth-order valence-corrected chi connectivity index (χ4v) is 1.97. The highest BCUT2D eigenvalue weighted by Crippen LogP contribution is 2.31. The van der Waals surface area contributed by atoms with Crippen LogP contribution in [0.1, 0.15) is 10.4 Å². The number of hydrogen-bond acceptors (Lipinski definition) is 6. The molecule has 0 radical (unpaired) electrons. The Bertz CT molecular complexity index is 805. The molecule has 0 fully saturated rings. The molecule has 0 N–H and O–H groups in total. The van der Waals surface area contributed by atoms with Crippen LogP contribution >= 0.6 is 0 Å². The minimum atomic E-state index is 0.258. The van der Waals surface area contributed by atoms with E-state index >= 15 is 0 Å². The first-order valence-electron chi connectivity index (χ1n) is 6.85. The van der Waals surface area contributed by atoms with E-state index in [9.17, 15) is 4.79 Å². The summed E-state index contributed by atoms with van der Waals surface area (Å²) in [5.74, 6) is 1.26. The summed E-state index contributed by atoms with van der Waals surface area (Å²) in [6.07, 6.45) is 4.02. The summed E-state index contributed by atoms with van der Waals surface area (Å²) in [7, 11) is 1.53. The summed E-state index contributed by atoms with van der Waals surface area (Å²) in [5, 5.41) is 8.21. The molecule has 0 bridgehead atoms. The monoisotopic (exact) mass is 307 g/mol. The van der Waals surface area contributed by atoms with Gasteiger partial charge in [-0.05, 0) is 12.1 Å². The number of aldehydes is 1. The van der Waals surface area contributed by atoms with E-state index < -0.39 is 0 Å². The molecule has 0 aliphatic rings. The summed E-state index contributed by atoms with van der Waals surface area (Å²) < 4.78 is 10.9. The van der Waals surface area contributed by atoms with E-state index in [0.29, 0.717) is 22.8 Å². The largest absolute Gasteiger partial charge is 0.491 e. The van der Waals surface area contributed by atoms with Gasteiger partial charge in [-0.15, -0.1) is 10.2 Å². The minimum Gasteiger partial charge on any atom is -0.491 e. The van der Waals surface area contributed by atoms with Crippen LogP contribution in [-0.2, 0) is 0 Å². The molecule has 0 amide bonds. The molecule has 6 heteroatoms. The molecular weight excluding hydrogens is 294 g/mol. The van der Waals surface area contributed by atoms with Gasteiger partial charge in [-0.1, -0.05) is 24.3 Å². The first kappa shape index (κ1) is 14.6. The Kier molecular flexibility index (Phi) is 4.24. The molecule has 2 aromatic heterocycles. The number of carbonyl (C=O) groups is 1. The molecule has 0 saturated heterocycles. The summed E-state index contributed by atoms with van der Waals surface area (Å²) in [6.45, 7) is 0.